The Morgan fingerprint density at radius 3 is 2.81 bits per heavy atom. The predicted octanol–water partition coefficient (Wildman–Crippen LogP) is 1.09. The van der Waals surface area contributed by atoms with Gasteiger partial charge in [-0.1, -0.05) is 6.07 Å². The summed E-state index contributed by atoms with van der Waals surface area (Å²) in [6, 6.07) is 5.88. The Balaban J connectivity index is 2.57. The lowest BCUT2D eigenvalue weighted by molar-refractivity contribution is 1.05. The zero-order valence-electron chi connectivity index (χ0n) is 8.96. The van der Waals surface area contributed by atoms with E-state index in [1.165, 1.54) is 0 Å². The second-order valence-electron chi connectivity index (χ2n) is 3.50. The standard InChI is InChI=1S/C11H13N5/c1-8-2-3-10(16-5-4-14-7-16)9(6-8)15-11(12)13/h2-7H,1H3,(H4,12,13,15). The number of hydrogen-bond acceptors (Lipinski definition) is 2. The molecule has 5 nitrogen and oxygen atoms in total. The van der Waals surface area contributed by atoms with E-state index in [0.717, 1.165) is 16.9 Å². The summed E-state index contributed by atoms with van der Waals surface area (Å²) in [4.78, 5) is 8.09. The molecule has 16 heavy (non-hydrogen) atoms. The second-order valence-corrected chi connectivity index (χ2v) is 3.50. The number of aromatic nitrogens is 2. The van der Waals surface area contributed by atoms with Gasteiger partial charge in [-0.3, -0.25) is 0 Å². The van der Waals surface area contributed by atoms with E-state index in [-0.39, 0.29) is 5.96 Å². The Bertz CT molecular complexity index is 509. The first-order valence-electron chi connectivity index (χ1n) is 4.85. The summed E-state index contributed by atoms with van der Waals surface area (Å²) in [5.41, 5.74) is 13.5. The number of imidazole rings is 1. The largest absolute Gasteiger partial charge is 0.370 e. The van der Waals surface area contributed by atoms with Gasteiger partial charge in [-0.05, 0) is 24.6 Å². The van der Waals surface area contributed by atoms with Crippen molar-refractivity contribution in [3.63, 3.8) is 0 Å². The highest BCUT2D eigenvalue weighted by Crippen LogP contribution is 2.24. The highest BCUT2D eigenvalue weighted by Gasteiger charge is 2.03. The van der Waals surface area contributed by atoms with Crippen LogP contribution in [0.15, 0.2) is 41.9 Å². The Kier molecular flexibility index (Phi) is 2.59. The average Bonchev–Trinajstić information content (AvgIpc) is 2.69. The van der Waals surface area contributed by atoms with Gasteiger partial charge in [0.25, 0.3) is 0 Å². The summed E-state index contributed by atoms with van der Waals surface area (Å²) >= 11 is 0. The van der Waals surface area contributed by atoms with E-state index < -0.39 is 0 Å². The molecule has 0 atom stereocenters. The molecule has 0 aliphatic rings. The number of nitrogens with two attached hydrogens (primary N) is 2. The van der Waals surface area contributed by atoms with Crippen molar-refractivity contribution in [2.75, 3.05) is 0 Å². The SMILES string of the molecule is Cc1ccc(-n2ccnc2)c(N=C(N)N)c1. The van der Waals surface area contributed by atoms with Gasteiger partial charge < -0.3 is 16.0 Å². The fourth-order valence-electron chi connectivity index (χ4n) is 1.48. The van der Waals surface area contributed by atoms with Crippen molar-refractivity contribution in [3.8, 4) is 5.69 Å². The second kappa shape index (κ2) is 4.06. The van der Waals surface area contributed by atoms with Crippen LogP contribution in [-0.2, 0) is 0 Å². The lowest BCUT2D eigenvalue weighted by Gasteiger charge is -2.07. The maximum absolute atomic E-state index is 5.40. The molecule has 0 aliphatic heterocycles. The van der Waals surface area contributed by atoms with Gasteiger partial charge >= 0.3 is 0 Å². The Morgan fingerprint density at radius 1 is 1.38 bits per heavy atom. The smallest absolute Gasteiger partial charge is 0.191 e. The van der Waals surface area contributed by atoms with Crippen molar-refractivity contribution in [2.45, 2.75) is 6.92 Å². The molecule has 4 N–H and O–H groups in total. The first kappa shape index (κ1) is 10.2. The predicted molar refractivity (Wildman–Crippen MR) is 63.8 cm³/mol. The molecule has 0 spiro atoms. The highest BCUT2D eigenvalue weighted by molar-refractivity contribution is 5.80. The van der Waals surface area contributed by atoms with Gasteiger partial charge in [-0.2, -0.15) is 0 Å². The van der Waals surface area contributed by atoms with Crippen molar-refractivity contribution in [1.29, 1.82) is 0 Å². The van der Waals surface area contributed by atoms with Crippen molar-refractivity contribution >= 4 is 11.6 Å². The lowest BCUT2D eigenvalue weighted by atomic mass is 10.2. The Morgan fingerprint density at radius 2 is 2.19 bits per heavy atom. The summed E-state index contributed by atoms with van der Waals surface area (Å²) in [6.07, 6.45) is 5.26. The third kappa shape index (κ3) is 2.03. The molecule has 5 heteroatoms. The highest BCUT2D eigenvalue weighted by atomic mass is 15.1. The maximum Gasteiger partial charge on any atom is 0.191 e. The quantitative estimate of drug-likeness (QED) is 0.581. The van der Waals surface area contributed by atoms with E-state index in [9.17, 15) is 0 Å². The number of aryl methyl sites for hydroxylation is 1. The third-order valence-electron chi connectivity index (χ3n) is 2.16. The summed E-state index contributed by atoms with van der Waals surface area (Å²) in [6.45, 7) is 1.99. The number of guanidine groups is 1. The minimum absolute atomic E-state index is 0.0481. The van der Waals surface area contributed by atoms with Gasteiger partial charge in [-0.15, -0.1) is 0 Å². The first-order chi connectivity index (χ1) is 7.66. The van der Waals surface area contributed by atoms with Crippen LogP contribution in [0.5, 0.6) is 0 Å². The molecule has 0 unspecified atom stereocenters. The number of benzene rings is 1. The molecule has 0 aliphatic carbocycles. The minimum atomic E-state index is 0.0481. The minimum Gasteiger partial charge on any atom is -0.370 e. The van der Waals surface area contributed by atoms with E-state index in [4.69, 9.17) is 11.5 Å². The number of rotatable bonds is 2. The van der Waals surface area contributed by atoms with Gasteiger partial charge in [0, 0.05) is 12.4 Å². The summed E-state index contributed by atoms with van der Waals surface area (Å²) < 4.78 is 1.86. The summed E-state index contributed by atoms with van der Waals surface area (Å²) in [5.74, 6) is 0.0481. The molecular weight excluding hydrogens is 202 g/mol. The van der Waals surface area contributed by atoms with Crippen LogP contribution < -0.4 is 11.5 Å². The molecule has 0 saturated heterocycles. The van der Waals surface area contributed by atoms with E-state index in [0.29, 0.717) is 0 Å². The molecule has 0 saturated carbocycles. The molecule has 0 amide bonds. The van der Waals surface area contributed by atoms with Gasteiger partial charge in [0.2, 0.25) is 0 Å². The Labute approximate surface area is 93.4 Å². The molecule has 1 aromatic carbocycles. The maximum atomic E-state index is 5.40. The number of aliphatic imine (C=N–C) groups is 1. The third-order valence-corrected chi connectivity index (χ3v) is 2.16. The van der Waals surface area contributed by atoms with E-state index in [1.54, 1.807) is 12.5 Å². The molecule has 0 radical (unpaired) electrons. The van der Waals surface area contributed by atoms with Gasteiger partial charge in [-0.25, -0.2) is 9.98 Å². The molecule has 2 rings (SSSR count). The topological polar surface area (TPSA) is 82.2 Å². The van der Waals surface area contributed by atoms with Crippen molar-refractivity contribution in [2.24, 2.45) is 16.5 Å². The molecule has 2 aromatic rings. The number of hydrogen-bond donors (Lipinski definition) is 2. The van der Waals surface area contributed by atoms with Crippen LogP contribution in [0.2, 0.25) is 0 Å². The molecule has 82 valence electrons. The average molecular weight is 215 g/mol. The van der Waals surface area contributed by atoms with Crippen molar-refractivity contribution in [3.05, 3.63) is 42.5 Å². The van der Waals surface area contributed by atoms with Gasteiger partial charge in [0.05, 0.1) is 17.7 Å². The van der Waals surface area contributed by atoms with Crippen LogP contribution >= 0.6 is 0 Å². The van der Waals surface area contributed by atoms with Crippen LogP contribution in [0.25, 0.3) is 5.69 Å². The number of nitrogens with zero attached hydrogens (tertiary/aromatic N) is 3. The van der Waals surface area contributed by atoms with E-state index >= 15 is 0 Å². The zero-order valence-corrected chi connectivity index (χ0v) is 8.96. The Hall–Kier alpha value is -2.30. The van der Waals surface area contributed by atoms with Crippen LogP contribution in [0.4, 0.5) is 5.69 Å². The van der Waals surface area contributed by atoms with Crippen LogP contribution in [0.3, 0.4) is 0 Å². The molecular formula is C11H13N5. The van der Waals surface area contributed by atoms with Crippen molar-refractivity contribution in [1.82, 2.24) is 9.55 Å². The molecule has 0 fully saturated rings. The van der Waals surface area contributed by atoms with Crippen LogP contribution in [0, 0.1) is 6.92 Å². The van der Waals surface area contributed by atoms with E-state index in [2.05, 4.69) is 9.98 Å². The van der Waals surface area contributed by atoms with Crippen LogP contribution in [0.1, 0.15) is 5.56 Å². The summed E-state index contributed by atoms with van der Waals surface area (Å²) in [7, 11) is 0. The zero-order chi connectivity index (χ0) is 11.5. The monoisotopic (exact) mass is 215 g/mol. The van der Waals surface area contributed by atoms with E-state index in [1.807, 2.05) is 35.9 Å². The summed E-state index contributed by atoms with van der Waals surface area (Å²) in [5, 5.41) is 0. The van der Waals surface area contributed by atoms with Gasteiger partial charge in [0.15, 0.2) is 5.96 Å². The molecule has 1 aromatic heterocycles. The van der Waals surface area contributed by atoms with Gasteiger partial charge in [0.1, 0.15) is 0 Å². The first-order valence-corrected chi connectivity index (χ1v) is 4.85. The van der Waals surface area contributed by atoms with Crippen molar-refractivity contribution < 1.29 is 0 Å². The molecule has 0 bridgehead atoms. The molecule has 1 heterocycles. The fourth-order valence-corrected chi connectivity index (χ4v) is 1.48. The fraction of sp³-hybridized carbons (Fsp3) is 0.0909. The van der Waals surface area contributed by atoms with Crippen LogP contribution in [-0.4, -0.2) is 15.5 Å². The normalized spacial score (nSPS) is 10.1. The lowest BCUT2D eigenvalue weighted by Crippen LogP contribution is -2.22.